The zero-order valence-electron chi connectivity index (χ0n) is 58.6. The van der Waals surface area contributed by atoms with Gasteiger partial charge in [0, 0.05) is 12.8 Å². The Morgan fingerprint density at radius 1 is 0.314 bits per heavy atom. The van der Waals surface area contributed by atoms with Crippen LogP contribution in [0.2, 0.25) is 0 Å². The quantitative estimate of drug-likeness (QED) is 0.0320. The van der Waals surface area contributed by atoms with Gasteiger partial charge < -0.3 is 20.3 Å². The maximum Gasteiger partial charge on any atom is 0.305 e. The van der Waals surface area contributed by atoms with Crippen LogP contribution in [0.5, 0.6) is 0 Å². The summed E-state index contributed by atoms with van der Waals surface area (Å²) in [7, 11) is 0. The number of carbonyl (C=O) groups excluding carboxylic acids is 2. The first-order valence-corrected chi connectivity index (χ1v) is 39.6. The fourth-order valence-corrected chi connectivity index (χ4v) is 12.7. The molecular weight excluding hydrogens is 1050 g/mol. The predicted molar refractivity (Wildman–Crippen MR) is 380 cm³/mol. The molecule has 0 aliphatic rings. The van der Waals surface area contributed by atoms with Gasteiger partial charge in [0.15, 0.2) is 0 Å². The molecular formula is C80H155NO5. The second kappa shape index (κ2) is 75.8. The average Bonchev–Trinajstić information content (AvgIpc) is 3.53. The van der Waals surface area contributed by atoms with Gasteiger partial charge in [0.2, 0.25) is 5.91 Å². The van der Waals surface area contributed by atoms with Crippen LogP contribution >= 0.6 is 0 Å². The first-order chi connectivity index (χ1) is 42.5. The summed E-state index contributed by atoms with van der Waals surface area (Å²) in [6.07, 6.45) is 97.5. The third-order valence-electron chi connectivity index (χ3n) is 18.7. The Bertz CT molecular complexity index is 1350. The van der Waals surface area contributed by atoms with Crippen LogP contribution in [0.25, 0.3) is 0 Å². The van der Waals surface area contributed by atoms with E-state index in [4.69, 9.17) is 4.74 Å². The van der Waals surface area contributed by atoms with Gasteiger partial charge in [-0.2, -0.15) is 0 Å². The summed E-state index contributed by atoms with van der Waals surface area (Å²) in [5.74, 6) is -0.0433. The van der Waals surface area contributed by atoms with Gasteiger partial charge in [-0.1, -0.05) is 404 Å². The topological polar surface area (TPSA) is 95.9 Å². The Kier molecular flexibility index (Phi) is 74.3. The van der Waals surface area contributed by atoms with Gasteiger partial charge in [0.25, 0.3) is 0 Å². The fraction of sp³-hybridized carbons (Fsp3) is 0.925. The molecule has 0 aromatic heterocycles. The van der Waals surface area contributed by atoms with Crippen molar-refractivity contribution in [2.75, 3.05) is 13.2 Å². The molecule has 2 unspecified atom stereocenters. The van der Waals surface area contributed by atoms with Crippen LogP contribution < -0.4 is 5.32 Å². The number of hydrogen-bond acceptors (Lipinski definition) is 5. The summed E-state index contributed by atoms with van der Waals surface area (Å²) in [4.78, 5) is 24.6. The van der Waals surface area contributed by atoms with E-state index in [9.17, 15) is 19.8 Å². The Morgan fingerprint density at radius 2 is 0.547 bits per heavy atom. The number of esters is 1. The molecule has 86 heavy (non-hydrogen) atoms. The zero-order valence-corrected chi connectivity index (χ0v) is 58.6. The fourth-order valence-electron chi connectivity index (χ4n) is 12.7. The smallest absolute Gasteiger partial charge is 0.305 e. The summed E-state index contributed by atoms with van der Waals surface area (Å²) in [5.41, 5.74) is 0. The SMILES string of the molecule is CCCCC/C=C\CCCCCCCC(=O)OCCCCCCCCCCCCCCCCCCCCCCCCCCCCCCCCCCCCCCCCCC(=O)NC(CO)C(O)/C=C/CCCCCCCCCCCCCCCCCC. The number of unbranched alkanes of at least 4 members (excludes halogenated alkanes) is 62. The molecule has 0 radical (unpaired) electrons. The number of carbonyl (C=O) groups is 2. The van der Waals surface area contributed by atoms with Gasteiger partial charge in [0.05, 0.1) is 25.4 Å². The van der Waals surface area contributed by atoms with Gasteiger partial charge in [-0.15, -0.1) is 0 Å². The monoisotopic (exact) mass is 1210 g/mol. The minimum Gasteiger partial charge on any atom is -0.466 e. The summed E-state index contributed by atoms with van der Waals surface area (Å²) < 4.78 is 5.48. The van der Waals surface area contributed by atoms with E-state index in [0.29, 0.717) is 19.4 Å². The van der Waals surface area contributed by atoms with Gasteiger partial charge in [-0.25, -0.2) is 0 Å². The first-order valence-electron chi connectivity index (χ1n) is 39.6. The van der Waals surface area contributed by atoms with Crippen LogP contribution in [-0.2, 0) is 14.3 Å². The molecule has 0 rings (SSSR count). The number of hydrogen-bond donors (Lipinski definition) is 3. The molecule has 0 saturated heterocycles. The summed E-state index contributed by atoms with van der Waals surface area (Å²) in [5, 5.41) is 23.2. The molecule has 2 atom stereocenters. The van der Waals surface area contributed by atoms with Crippen LogP contribution in [0.4, 0.5) is 0 Å². The van der Waals surface area contributed by atoms with Crippen LogP contribution in [-0.4, -0.2) is 47.4 Å². The van der Waals surface area contributed by atoms with Gasteiger partial charge in [-0.3, -0.25) is 9.59 Å². The maximum absolute atomic E-state index is 12.5. The number of aliphatic hydroxyl groups excluding tert-OH is 2. The van der Waals surface area contributed by atoms with Crippen LogP contribution in [0, 0.1) is 0 Å². The maximum atomic E-state index is 12.5. The van der Waals surface area contributed by atoms with Crippen molar-refractivity contribution in [3.05, 3.63) is 24.3 Å². The van der Waals surface area contributed by atoms with Gasteiger partial charge in [-0.05, 0) is 57.8 Å². The molecule has 0 aromatic rings. The second-order valence-electron chi connectivity index (χ2n) is 27.4. The number of rotatable bonds is 75. The summed E-state index contributed by atoms with van der Waals surface area (Å²) in [6, 6.07) is -0.623. The summed E-state index contributed by atoms with van der Waals surface area (Å²) in [6.45, 7) is 4.92. The molecule has 1 amide bonds. The highest BCUT2D eigenvalue weighted by atomic mass is 16.5. The Morgan fingerprint density at radius 3 is 0.849 bits per heavy atom. The molecule has 0 spiro atoms. The first kappa shape index (κ1) is 84.3. The van der Waals surface area contributed by atoms with Crippen LogP contribution in [0.15, 0.2) is 24.3 Å². The van der Waals surface area contributed by atoms with Crippen LogP contribution in [0.3, 0.4) is 0 Å². The van der Waals surface area contributed by atoms with E-state index in [-0.39, 0.29) is 18.5 Å². The van der Waals surface area contributed by atoms with E-state index < -0.39 is 12.1 Å². The minimum atomic E-state index is -0.840. The Balaban J connectivity index is 3.31. The van der Waals surface area contributed by atoms with E-state index in [1.54, 1.807) is 6.08 Å². The number of ether oxygens (including phenoxy) is 1. The van der Waals surface area contributed by atoms with Crippen molar-refractivity contribution in [3.63, 3.8) is 0 Å². The molecule has 0 saturated carbocycles. The third kappa shape index (κ3) is 71.4. The standard InChI is InChI=1S/C80H155NO5/c1-3-5-7-9-11-13-15-17-18-19-43-46-49-52-56-60-64-68-72-78(83)77(76-82)81-79(84)73-69-65-61-57-53-50-47-44-41-39-37-35-33-31-29-27-25-23-21-20-22-24-26-28-30-32-34-36-38-40-42-45-48-51-55-59-63-67-71-75-86-80(85)74-70-66-62-58-54-16-14-12-10-8-6-4-2/h12,14,68,72,77-78,82-83H,3-11,13,15-67,69-71,73-76H2,1-2H3,(H,81,84)/b14-12-,72-68+. The lowest BCUT2D eigenvalue weighted by Crippen LogP contribution is -2.45. The molecule has 0 aliphatic heterocycles. The van der Waals surface area contributed by atoms with E-state index in [2.05, 4.69) is 31.3 Å². The zero-order chi connectivity index (χ0) is 62.0. The van der Waals surface area contributed by atoms with Crippen molar-refractivity contribution in [1.29, 1.82) is 0 Å². The van der Waals surface area contributed by atoms with Crippen molar-refractivity contribution >= 4 is 11.9 Å². The lowest BCUT2D eigenvalue weighted by atomic mass is 10.0. The molecule has 6 nitrogen and oxygen atoms in total. The van der Waals surface area contributed by atoms with E-state index in [1.165, 1.54) is 379 Å². The largest absolute Gasteiger partial charge is 0.466 e. The Labute approximate surface area is 539 Å². The summed E-state index contributed by atoms with van der Waals surface area (Å²) >= 11 is 0. The highest BCUT2D eigenvalue weighted by Crippen LogP contribution is 2.20. The number of nitrogens with one attached hydrogen (secondary N) is 1. The highest BCUT2D eigenvalue weighted by Gasteiger charge is 2.18. The predicted octanol–water partition coefficient (Wildman–Crippen LogP) is 26.0. The van der Waals surface area contributed by atoms with Crippen molar-refractivity contribution in [3.8, 4) is 0 Å². The lowest BCUT2D eigenvalue weighted by Gasteiger charge is -2.20. The second-order valence-corrected chi connectivity index (χ2v) is 27.4. The normalized spacial score (nSPS) is 12.6. The van der Waals surface area contributed by atoms with Crippen molar-refractivity contribution in [2.24, 2.45) is 0 Å². The third-order valence-corrected chi connectivity index (χ3v) is 18.7. The lowest BCUT2D eigenvalue weighted by molar-refractivity contribution is -0.143. The van der Waals surface area contributed by atoms with Gasteiger partial charge >= 0.3 is 5.97 Å². The van der Waals surface area contributed by atoms with E-state index in [1.807, 2.05) is 6.08 Å². The number of allylic oxidation sites excluding steroid dienone is 3. The average molecular weight is 1210 g/mol. The molecule has 0 aromatic carbocycles. The van der Waals surface area contributed by atoms with E-state index in [0.717, 1.165) is 44.9 Å². The van der Waals surface area contributed by atoms with Gasteiger partial charge in [0.1, 0.15) is 0 Å². The number of aliphatic hydroxyl groups is 2. The molecule has 0 bridgehead atoms. The molecule has 510 valence electrons. The Hall–Kier alpha value is -1.66. The molecule has 0 aliphatic carbocycles. The molecule has 3 N–H and O–H groups in total. The van der Waals surface area contributed by atoms with Crippen molar-refractivity contribution in [1.82, 2.24) is 5.32 Å². The van der Waals surface area contributed by atoms with Crippen LogP contribution in [0.1, 0.15) is 450 Å². The highest BCUT2D eigenvalue weighted by molar-refractivity contribution is 5.76. The minimum absolute atomic E-state index is 0.0144. The molecule has 0 fully saturated rings. The number of amides is 1. The molecule has 0 heterocycles. The van der Waals surface area contributed by atoms with Crippen molar-refractivity contribution < 1.29 is 24.5 Å². The van der Waals surface area contributed by atoms with Crippen molar-refractivity contribution in [2.45, 2.75) is 463 Å². The van der Waals surface area contributed by atoms with E-state index >= 15 is 0 Å². The molecule has 6 heteroatoms.